The molecule has 1 aliphatic rings. The molecule has 1 N–H and O–H groups in total. The number of rotatable bonds is 5. The van der Waals surface area contributed by atoms with Gasteiger partial charge in [0.1, 0.15) is 5.75 Å². The second-order valence-electron chi connectivity index (χ2n) is 6.16. The van der Waals surface area contributed by atoms with Crippen molar-refractivity contribution in [1.82, 2.24) is 5.32 Å². The van der Waals surface area contributed by atoms with Crippen molar-refractivity contribution < 1.29 is 8.95 Å². The fraction of sp³-hybridized carbons (Fsp3) is 0.647. The second kappa shape index (κ2) is 7.41. The van der Waals surface area contributed by atoms with Crippen LogP contribution in [0.3, 0.4) is 0 Å². The molecular formula is C17H27NO2S. The first kappa shape index (κ1) is 16.5. The topological polar surface area (TPSA) is 38.3 Å². The van der Waals surface area contributed by atoms with Crippen molar-refractivity contribution >= 4 is 10.8 Å². The van der Waals surface area contributed by atoms with Crippen molar-refractivity contribution in [1.29, 1.82) is 0 Å². The molecule has 118 valence electrons. The molecule has 0 saturated heterocycles. The zero-order valence-corrected chi connectivity index (χ0v) is 14.3. The second-order valence-corrected chi connectivity index (χ2v) is 7.77. The molecule has 4 heteroatoms. The molecule has 1 aliphatic carbocycles. The SMILES string of the molecule is CCNC1CC(C)CC(C)C1S(=O)c1ccc(OC)cc1. The van der Waals surface area contributed by atoms with Gasteiger partial charge in [0.15, 0.2) is 0 Å². The van der Waals surface area contributed by atoms with Crippen molar-refractivity contribution in [3.63, 3.8) is 0 Å². The van der Waals surface area contributed by atoms with Crippen molar-refractivity contribution in [3.8, 4) is 5.75 Å². The highest BCUT2D eigenvalue weighted by atomic mass is 32.2. The van der Waals surface area contributed by atoms with E-state index in [4.69, 9.17) is 4.74 Å². The van der Waals surface area contributed by atoms with Crippen LogP contribution < -0.4 is 10.1 Å². The van der Waals surface area contributed by atoms with Gasteiger partial charge in [-0.3, -0.25) is 4.21 Å². The van der Waals surface area contributed by atoms with E-state index in [-0.39, 0.29) is 5.25 Å². The van der Waals surface area contributed by atoms with Crippen molar-refractivity contribution in [2.75, 3.05) is 13.7 Å². The Bertz CT molecular complexity index is 474. The molecule has 1 fully saturated rings. The summed E-state index contributed by atoms with van der Waals surface area (Å²) < 4.78 is 18.2. The third-order valence-corrected chi connectivity index (χ3v) is 6.42. The van der Waals surface area contributed by atoms with Gasteiger partial charge in [-0.15, -0.1) is 0 Å². The monoisotopic (exact) mass is 309 g/mol. The van der Waals surface area contributed by atoms with Gasteiger partial charge in [-0.2, -0.15) is 0 Å². The smallest absolute Gasteiger partial charge is 0.118 e. The number of nitrogens with one attached hydrogen (secondary N) is 1. The van der Waals surface area contributed by atoms with E-state index in [1.54, 1.807) is 7.11 Å². The van der Waals surface area contributed by atoms with Gasteiger partial charge in [0.25, 0.3) is 0 Å². The van der Waals surface area contributed by atoms with Gasteiger partial charge < -0.3 is 10.1 Å². The predicted molar refractivity (Wildman–Crippen MR) is 88.2 cm³/mol. The molecule has 2 rings (SSSR count). The highest BCUT2D eigenvalue weighted by Gasteiger charge is 2.37. The zero-order chi connectivity index (χ0) is 15.4. The molecule has 0 aliphatic heterocycles. The van der Waals surface area contributed by atoms with Crippen LogP contribution in [0.5, 0.6) is 5.75 Å². The third-order valence-electron chi connectivity index (χ3n) is 4.39. The molecule has 5 unspecified atom stereocenters. The summed E-state index contributed by atoms with van der Waals surface area (Å²) in [5.41, 5.74) is 0. The molecule has 0 heterocycles. The lowest BCUT2D eigenvalue weighted by atomic mass is 9.80. The first-order valence-electron chi connectivity index (χ1n) is 7.84. The average Bonchev–Trinajstić information content (AvgIpc) is 2.46. The predicted octanol–water partition coefficient (Wildman–Crippen LogP) is 3.22. The Kier molecular flexibility index (Phi) is 5.82. The highest BCUT2D eigenvalue weighted by molar-refractivity contribution is 7.85. The van der Waals surface area contributed by atoms with Gasteiger partial charge in [-0.05, 0) is 55.5 Å². The van der Waals surface area contributed by atoms with Crippen LogP contribution in [0, 0.1) is 11.8 Å². The maximum atomic E-state index is 13.0. The fourth-order valence-electron chi connectivity index (χ4n) is 3.52. The molecular weight excluding hydrogens is 282 g/mol. The van der Waals surface area contributed by atoms with E-state index < -0.39 is 10.8 Å². The molecule has 1 aromatic rings. The minimum Gasteiger partial charge on any atom is -0.497 e. The molecule has 0 aromatic heterocycles. The average molecular weight is 309 g/mol. The summed E-state index contributed by atoms with van der Waals surface area (Å²) in [6.45, 7) is 7.59. The number of hydrogen-bond acceptors (Lipinski definition) is 3. The Morgan fingerprint density at radius 1 is 1.24 bits per heavy atom. The normalized spacial score (nSPS) is 30.9. The van der Waals surface area contributed by atoms with E-state index in [0.717, 1.165) is 30.0 Å². The lowest BCUT2D eigenvalue weighted by molar-refractivity contribution is 0.248. The van der Waals surface area contributed by atoms with Gasteiger partial charge >= 0.3 is 0 Å². The van der Waals surface area contributed by atoms with Crippen molar-refractivity contribution in [2.45, 2.75) is 49.8 Å². The van der Waals surface area contributed by atoms with Crippen molar-refractivity contribution in [3.05, 3.63) is 24.3 Å². The van der Waals surface area contributed by atoms with Crippen LogP contribution in [0.1, 0.15) is 33.6 Å². The third kappa shape index (κ3) is 3.86. The number of methoxy groups -OCH3 is 1. The Hall–Kier alpha value is -0.870. The van der Waals surface area contributed by atoms with Gasteiger partial charge in [0, 0.05) is 10.9 Å². The Labute approximate surface area is 130 Å². The summed E-state index contributed by atoms with van der Waals surface area (Å²) in [7, 11) is 0.676. The number of hydrogen-bond donors (Lipinski definition) is 1. The van der Waals surface area contributed by atoms with Crippen LogP contribution in [0.15, 0.2) is 29.2 Å². The summed E-state index contributed by atoms with van der Waals surface area (Å²) in [6.07, 6.45) is 2.28. The van der Waals surface area contributed by atoms with Gasteiger partial charge in [-0.25, -0.2) is 0 Å². The molecule has 1 saturated carbocycles. The van der Waals surface area contributed by atoms with Crippen LogP contribution in [0.4, 0.5) is 0 Å². The van der Waals surface area contributed by atoms with Crippen LogP contribution in [-0.2, 0) is 10.8 Å². The first-order valence-corrected chi connectivity index (χ1v) is 9.06. The standard InChI is InChI=1S/C17H27NO2S/c1-5-18-16-11-12(2)10-13(3)17(16)21(19)15-8-6-14(20-4)7-9-15/h6-9,12-13,16-18H,5,10-11H2,1-4H3. The van der Waals surface area contributed by atoms with E-state index >= 15 is 0 Å². The number of ether oxygens (including phenoxy) is 1. The lowest BCUT2D eigenvalue weighted by Gasteiger charge is -2.39. The summed E-state index contributed by atoms with van der Waals surface area (Å²) >= 11 is 0. The highest BCUT2D eigenvalue weighted by Crippen LogP contribution is 2.34. The molecule has 1 aromatic carbocycles. The van der Waals surface area contributed by atoms with Crippen LogP contribution in [0.25, 0.3) is 0 Å². The first-order chi connectivity index (χ1) is 10.1. The van der Waals surface area contributed by atoms with E-state index in [1.807, 2.05) is 24.3 Å². The van der Waals surface area contributed by atoms with Gasteiger partial charge in [0.2, 0.25) is 0 Å². The molecule has 5 atom stereocenters. The molecule has 3 nitrogen and oxygen atoms in total. The summed E-state index contributed by atoms with van der Waals surface area (Å²) in [6, 6.07) is 8.00. The minimum absolute atomic E-state index is 0.189. The van der Waals surface area contributed by atoms with Crippen molar-refractivity contribution in [2.24, 2.45) is 11.8 Å². The summed E-state index contributed by atoms with van der Waals surface area (Å²) in [4.78, 5) is 0.908. The van der Waals surface area contributed by atoms with E-state index in [0.29, 0.717) is 17.9 Å². The zero-order valence-electron chi connectivity index (χ0n) is 13.5. The Balaban J connectivity index is 2.20. The van der Waals surface area contributed by atoms with Gasteiger partial charge in [0.05, 0.1) is 23.2 Å². The molecule has 21 heavy (non-hydrogen) atoms. The van der Waals surface area contributed by atoms with Crippen LogP contribution >= 0.6 is 0 Å². The maximum Gasteiger partial charge on any atom is 0.118 e. The lowest BCUT2D eigenvalue weighted by Crippen LogP contribution is -2.50. The van der Waals surface area contributed by atoms with Crippen LogP contribution in [-0.4, -0.2) is 29.2 Å². The fourth-order valence-corrected chi connectivity index (χ4v) is 5.28. The van der Waals surface area contributed by atoms with E-state index in [2.05, 4.69) is 26.1 Å². The summed E-state index contributed by atoms with van der Waals surface area (Å²) in [5.74, 6) is 1.98. The molecule has 0 spiro atoms. The molecule has 0 bridgehead atoms. The molecule has 0 radical (unpaired) electrons. The quantitative estimate of drug-likeness (QED) is 0.907. The van der Waals surface area contributed by atoms with Gasteiger partial charge in [-0.1, -0.05) is 20.8 Å². The largest absolute Gasteiger partial charge is 0.497 e. The maximum absolute atomic E-state index is 13.0. The van der Waals surface area contributed by atoms with Crippen LogP contribution in [0.2, 0.25) is 0 Å². The van der Waals surface area contributed by atoms with E-state index in [1.165, 1.54) is 0 Å². The minimum atomic E-state index is -0.975. The Morgan fingerprint density at radius 3 is 2.48 bits per heavy atom. The molecule has 0 amide bonds. The number of benzene rings is 1. The summed E-state index contributed by atoms with van der Waals surface area (Å²) in [5, 5.41) is 3.74. The Morgan fingerprint density at radius 2 is 1.90 bits per heavy atom. The van der Waals surface area contributed by atoms with E-state index in [9.17, 15) is 4.21 Å².